The highest BCUT2D eigenvalue weighted by atomic mass is 32.1. The van der Waals surface area contributed by atoms with Crippen molar-refractivity contribution in [2.75, 3.05) is 19.0 Å². The lowest BCUT2D eigenvalue weighted by molar-refractivity contribution is 0.736. The van der Waals surface area contributed by atoms with Crippen LogP contribution in [0.25, 0.3) is 0 Å². The molecule has 0 saturated carbocycles. The molecule has 0 aliphatic rings. The molecule has 0 saturated heterocycles. The summed E-state index contributed by atoms with van der Waals surface area (Å²) in [5.41, 5.74) is 0. The fraction of sp³-hybridized carbons (Fsp3) is 0.667. The standard InChI is InChI=1S/C6H12N4S/c1-4-10-5(9(2)3)7-8-6(10)11/h4H2,1-3H3,(H,8,11). The highest BCUT2D eigenvalue weighted by Gasteiger charge is 2.04. The number of rotatable bonds is 2. The molecule has 0 aliphatic heterocycles. The average molecular weight is 172 g/mol. The van der Waals surface area contributed by atoms with Crippen molar-refractivity contribution in [3.05, 3.63) is 4.77 Å². The molecule has 0 fully saturated rings. The predicted molar refractivity (Wildman–Crippen MR) is 47.4 cm³/mol. The molecule has 5 heteroatoms. The topological polar surface area (TPSA) is 36.9 Å². The molecular weight excluding hydrogens is 160 g/mol. The Morgan fingerprint density at radius 3 is 2.64 bits per heavy atom. The Kier molecular flexibility index (Phi) is 2.28. The number of anilines is 1. The summed E-state index contributed by atoms with van der Waals surface area (Å²) in [6.45, 7) is 2.89. The van der Waals surface area contributed by atoms with E-state index in [1.54, 1.807) is 0 Å². The number of aromatic amines is 1. The van der Waals surface area contributed by atoms with Crippen molar-refractivity contribution >= 4 is 18.2 Å². The van der Waals surface area contributed by atoms with Gasteiger partial charge in [0.2, 0.25) is 5.95 Å². The van der Waals surface area contributed by atoms with Crippen LogP contribution < -0.4 is 4.90 Å². The summed E-state index contributed by atoms with van der Waals surface area (Å²) in [4.78, 5) is 1.93. The van der Waals surface area contributed by atoms with E-state index in [1.807, 2.05) is 30.5 Å². The van der Waals surface area contributed by atoms with Crippen LogP contribution in [0.1, 0.15) is 6.92 Å². The lowest BCUT2D eigenvalue weighted by atomic mass is 10.7. The summed E-state index contributed by atoms with van der Waals surface area (Å²) in [6, 6.07) is 0. The van der Waals surface area contributed by atoms with Gasteiger partial charge in [0, 0.05) is 20.6 Å². The SMILES string of the molecule is CCn1c(N(C)C)n[nH]c1=S. The fourth-order valence-corrected chi connectivity index (χ4v) is 1.19. The minimum absolute atomic E-state index is 0.677. The molecule has 0 unspecified atom stereocenters. The maximum atomic E-state index is 5.01. The zero-order chi connectivity index (χ0) is 8.43. The Morgan fingerprint density at radius 2 is 2.27 bits per heavy atom. The van der Waals surface area contributed by atoms with E-state index in [-0.39, 0.29) is 0 Å². The molecule has 62 valence electrons. The summed E-state index contributed by atoms with van der Waals surface area (Å²) in [5.74, 6) is 0.873. The third-order valence-corrected chi connectivity index (χ3v) is 1.77. The maximum absolute atomic E-state index is 5.01. The first kappa shape index (κ1) is 8.26. The largest absolute Gasteiger partial charge is 0.347 e. The van der Waals surface area contributed by atoms with Crippen LogP contribution in [0.3, 0.4) is 0 Å². The van der Waals surface area contributed by atoms with Crippen LogP contribution in [0.5, 0.6) is 0 Å². The number of hydrogen-bond acceptors (Lipinski definition) is 3. The fourth-order valence-electron chi connectivity index (χ4n) is 0.936. The molecule has 1 N–H and O–H groups in total. The lowest BCUT2D eigenvalue weighted by Gasteiger charge is -2.10. The molecule has 0 radical (unpaired) electrons. The Balaban J connectivity index is 3.16. The van der Waals surface area contributed by atoms with Crippen LogP contribution in [0.4, 0.5) is 5.95 Å². The Morgan fingerprint density at radius 1 is 1.64 bits per heavy atom. The first-order valence-corrected chi connectivity index (χ1v) is 3.90. The summed E-state index contributed by atoms with van der Waals surface area (Å²) >= 11 is 5.01. The minimum Gasteiger partial charge on any atom is -0.347 e. The van der Waals surface area contributed by atoms with E-state index in [9.17, 15) is 0 Å². The molecule has 0 spiro atoms. The van der Waals surface area contributed by atoms with Gasteiger partial charge in [-0.1, -0.05) is 0 Å². The highest BCUT2D eigenvalue weighted by molar-refractivity contribution is 7.71. The summed E-state index contributed by atoms with van der Waals surface area (Å²) in [6.07, 6.45) is 0. The molecule has 1 heterocycles. The number of nitrogens with one attached hydrogen (secondary N) is 1. The minimum atomic E-state index is 0.677. The molecule has 0 atom stereocenters. The molecule has 0 aromatic carbocycles. The Hall–Kier alpha value is -0.840. The van der Waals surface area contributed by atoms with Crippen molar-refractivity contribution in [1.29, 1.82) is 0 Å². The quantitative estimate of drug-likeness (QED) is 0.677. The van der Waals surface area contributed by atoms with Gasteiger partial charge in [-0.25, -0.2) is 5.10 Å². The zero-order valence-electron chi connectivity index (χ0n) is 6.96. The Bertz CT molecular complexity index is 285. The van der Waals surface area contributed by atoms with Crippen molar-refractivity contribution in [1.82, 2.24) is 14.8 Å². The molecule has 0 bridgehead atoms. The number of nitrogens with zero attached hydrogens (tertiary/aromatic N) is 3. The third kappa shape index (κ3) is 1.42. The van der Waals surface area contributed by atoms with Crippen LogP contribution in [0, 0.1) is 4.77 Å². The number of hydrogen-bond donors (Lipinski definition) is 1. The van der Waals surface area contributed by atoms with E-state index >= 15 is 0 Å². The van der Waals surface area contributed by atoms with E-state index in [2.05, 4.69) is 10.2 Å². The lowest BCUT2D eigenvalue weighted by Crippen LogP contribution is -2.14. The van der Waals surface area contributed by atoms with Gasteiger partial charge in [-0.05, 0) is 19.1 Å². The van der Waals surface area contributed by atoms with Crippen molar-refractivity contribution in [2.45, 2.75) is 13.5 Å². The van der Waals surface area contributed by atoms with E-state index < -0.39 is 0 Å². The van der Waals surface area contributed by atoms with Gasteiger partial charge in [-0.3, -0.25) is 4.57 Å². The van der Waals surface area contributed by atoms with E-state index in [4.69, 9.17) is 12.2 Å². The third-order valence-electron chi connectivity index (χ3n) is 1.45. The summed E-state index contributed by atoms with van der Waals surface area (Å²) < 4.78 is 2.62. The Labute approximate surface area is 70.8 Å². The second-order valence-electron chi connectivity index (χ2n) is 2.47. The van der Waals surface area contributed by atoms with Crippen molar-refractivity contribution < 1.29 is 0 Å². The molecule has 0 amide bonds. The van der Waals surface area contributed by atoms with Gasteiger partial charge in [0.1, 0.15) is 0 Å². The zero-order valence-corrected chi connectivity index (χ0v) is 7.77. The second kappa shape index (κ2) is 3.04. The highest BCUT2D eigenvalue weighted by Crippen LogP contribution is 2.06. The van der Waals surface area contributed by atoms with Gasteiger partial charge >= 0.3 is 0 Å². The first-order chi connectivity index (χ1) is 5.16. The van der Waals surface area contributed by atoms with Crippen LogP contribution in [0.15, 0.2) is 0 Å². The number of H-pyrrole nitrogens is 1. The van der Waals surface area contributed by atoms with Gasteiger partial charge in [-0.2, -0.15) is 0 Å². The molecular formula is C6H12N4S. The van der Waals surface area contributed by atoms with Crippen LogP contribution in [-0.4, -0.2) is 28.9 Å². The summed E-state index contributed by atoms with van der Waals surface area (Å²) in [7, 11) is 3.88. The van der Waals surface area contributed by atoms with Crippen LogP contribution in [-0.2, 0) is 6.54 Å². The number of aromatic nitrogens is 3. The molecule has 4 nitrogen and oxygen atoms in total. The first-order valence-electron chi connectivity index (χ1n) is 3.49. The van der Waals surface area contributed by atoms with Gasteiger partial charge < -0.3 is 4.90 Å². The van der Waals surface area contributed by atoms with Gasteiger partial charge in [0.25, 0.3) is 0 Å². The molecule has 1 rings (SSSR count). The van der Waals surface area contributed by atoms with E-state index in [0.717, 1.165) is 12.5 Å². The predicted octanol–water partition coefficient (Wildman–Crippen LogP) is 1.03. The molecule has 1 aromatic heterocycles. The van der Waals surface area contributed by atoms with Crippen molar-refractivity contribution in [2.24, 2.45) is 0 Å². The maximum Gasteiger partial charge on any atom is 0.225 e. The van der Waals surface area contributed by atoms with E-state index in [1.165, 1.54) is 0 Å². The monoisotopic (exact) mass is 172 g/mol. The average Bonchev–Trinajstić information content (AvgIpc) is 2.30. The second-order valence-corrected chi connectivity index (χ2v) is 2.85. The molecule has 1 aromatic rings. The summed E-state index contributed by atoms with van der Waals surface area (Å²) in [5, 5.41) is 6.80. The van der Waals surface area contributed by atoms with Crippen LogP contribution in [0.2, 0.25) is 0 Å². The molecule has 11 heavy (non-hydrogen) atoms. The van der Waals surface area contributed by atoms with Crippen LogP contribution >= 0.6 is 12.2 Å². The van der Waals surface area contributed by atoms with Crippen molar-refractivity contribution in [3.8, 4) is 0 Å². The normalized spacial score (nSPS) is 10.1. The van der Waals surface area contributed by atoms with Gasteiger partial charge in [-0.15, -0.1) is 5.10 Å². The smallest absolute Gasteiger partial charge is 0.225 e. The van der Waals surface area contributed by atoms with Crippen molar-refractivity contribution in [3.63, 3.8) is 0 Å². The molecule has 0 aliphatic carbocycles. The van der Waals surface area contributed by atoms with E-state index in [0.29, 0.717) is 4.77 Å². The van der Waals surface area contributed by atoms with Gasteiger partial charge in [0.05, 0.1) is 0 Å². The van der Waals surface area contributed by atoms with Gasteiger partial charge in [0.15, 0.2) is 4.77 Å².